The SMILES string of the molecule is CC1CCS(=N)(=O)CCN1C(=O)OC(C)(C)C. The summed E-state index contributed by atoms with van der Waals surface area (Å²) in [5, 5.41) is 0. The van der Waals surface area contributed by atoms with Crippen LogP contribution >= 0.6 is 0 Å². The Balaban J connectivity index is 2.73. The molecule has 1 heterocycles. The van der Waals surface area contributed by atoms with Crippen LogP contribution in [0.1, 0.15) is 34.1 Å². The fraction of sp³-hybridized carbons (Fsp3) is 0.909. The van der Waals surface area contributed by atoms with Gasteiger partial charge < -0.3 is 9.64 Å². The van der Waals surface area contributed by atoms with Crippen LogP contribution in [0.25, 0.3) is 0 Å². The van der Waals surface area contributed by atoms with Crippen molar-refractivity contribution in [3.8, 4) is 0 Å². The summed E-state index contributed by atoms with van der Waals surface area (Å²) in [7, 11) is -2.51. The van der Waals surface area contributed by atoms with Gasteiger partial charge in [-0.15, -0.1) is 0 Å². The van der Waals surface area contributed by atoms with Crippen molar-refractivity contribution in [3.63, 3.8) is 0 Å². The number of hydrogen-bond acceptors (Lipinski definition) is 4. The number of nitrogens with one attached hydrogen (secondary N) is 1. The van der Waals surface area contributed by atoms with E-state index >= 15 is 0 Å². The van der Waals surface area contributed by atoms with Gasteiger partial charge in [0.05, 0.1) is 0 Å². The molecule has 1 saturated heterocycles. The summed E-state index contributed by atoms with van der Waals surface area (Å²) >= 11 is 0. The molecule has 0 aliphatic carbocycles. The Labute approximate surface area is 103 Å². The predicted octanol–water partition coefficient (Wildman–Crippen LogP) is 2.06. The highest BCUT2D eigenvalue weighted by Gasteiger charge is 2.29. The predicted molar refractivity (Wildman–Crippen MR) is 67.6 cm³/mol. The third kappa shape index (κ3) is 4.53. The molecular weight excluding hydrogens is 240 g/mol. The lowest BCUT2D eigenvalue weighted by atomic mass is 10.2. The molecule has 1 amide bonds. The number of carbonyl (C=O) groups is 1. The third-order valence-electron chi connectivity index (χ3n) is 2.69. The van der Waals surface area contributed by atoms with E-state index < -0.39 is 15.3 Å². The average molecular weight is 262 g/mol. The van der Waals surface area contributed by atoms with Crippen LogP contribution in [0.2, 0.25) is 0 Å². The molecule has 0 radical (unpaired) electrons. The number of ether oxygens (including phenoxy) is 1. The minimum absolute atomic E-state index is 0.0153. The molecule has 1 aliphatic heterocycles. The lowest BCUT2D eigenvalue weighted by Gasteiger charge is -2.30. The zero-order chi connectivity index (χ0) is 13.3. The van der Waals surface area contributed by atoms with E-state index in [1.165, 1.54) is 0 Å². The highest BCUT2D eigenvalue weighted by molar-refractivity contribution is 7.92. The van der Waals surface area contributed by atoms with Gasteiger partial charge in [0.1, 0.15) is 5.60 Å². The number of hydrogen-bond donors (Lipinski definition) is 1. The first kappa shape index (κ1) is 14.3. The van der Waals surface area contributed by atoms with Gasteiger partial charge >= 0.3 is 6.09 Å². The maximum Gasteiger partial charge on any atom is 0.410 e. The van der Waals surface area contributed by atoms with E-state index in [0.29, 0.717) is 18.7 Å². The van der Waals surface area contributed by atoms with E-state index in [1.54, 1.807) is 4.90 Å². The summed E-state index contributed by atoms with van der Waals surface area (Å²) in [6.07, 6.45) is 0.226. The van der Waals surface area contributed by atoms with Crippen molar-refractivity contribution in [1.29, 1.82) is 4.78 Å². The van der Waals surface area contributed by atoms with E-state index in [2.05, 4.69) is 0 Å². The van der Waals surface area contributed by atoms with Crippen molar-refractivity contribution in [2.24, 2.45) is 0 Å². The van der Waals surface area contributed by atoms with Crippen LogP contribution in [0, 0.1) is 4.78 Å². The van der Waals surface area contributed by atoms with Crippen molar-refractivity contribution < 1.29 is 13.7 Å². The van der Waals surface area contributed by atoms with Crippen molar-refractivity contribution in [3.05, 3.63) is 0 Å². The van der Waals surface area contributed by atoms with Crippen LogP contribution < -0.4 is 0 Å². The molecule has 2 unspecified atom stereocenters. The largest absolute Gasteiger partial charge is 0.444 e. The molecule has 1 fully saturated rings. The quantitative estimate of drug-likeness (QED) is 0.726. The fourth-order valence-corrected chi connectivity index (χ4v) is 3.09. The zero-order valence-electron chi connectivity index (χ0n) is 11.0. The van der Waals surface area contributed by atoms with Crippen LogP contribution in [0.4, 0.5) is 4.79 Å². The number of rotatable bonds is 0. The lowest BCUT2D eigenvalue weighted by Crippen LogP contribution is -2.42. The summed E-state index contributed by atoms with van der Waals surface area (Å²) < 4.78 is 24.6. The molecule has 0 aromatic rings. The van der Waals surface area contributed by atoms with Gasteiger partial charge in [-0.3, -0.25) is 4.78 Å². The van der Waals surface area contributed by atoms with Crippen LogP contribution in [0.15, 0.2) is 0 Å². The Morgan fingerprint density at radius 2 is 2.00 bits per heavy atom. The zero-order valence-corrected chi connectivity index (χ0v) is 11.8. The minimum atomic E-state index is -2.51. The van der Waals surface area contributed by atoms with Crippen molar-refractivity contribution >= 4 is 15.8 Å². The van der Waals surface area contributed by atoms with E-state index in [-0.39, 0.29) is 17.9 Å². The topological polar surface area (TPSA) is 70.5 Å². The summed E-state index contributed by atoms with van der Waals surface area (Å²) in [6, 6.07) is -0.0153. The summed E-state index contributed by atoms with van der Waals surface area (Å²) in [6.45, 7) is 7.71. The Morgan fingerprint density at radius 3 is 2.53 bits per heavy atom. The van der Waals surface area contributed by atoms with Crippen LogP contribution in [0.5, 0.6) is 0 Å². The van der Waals surface area contributed by atoms with Crippen molar-refractivity contribution in [2.45, 2.75) is 45.8 Å². The van der Waals surface area contributed by atoms with Crippen LogP contribution in [-0.4, -0.2) is 44.9 Å². The average Bonchev–Trinajstić information content (AvgIpc) is 2.23. The van der Waals surface area contributed by atoms with Crippen molar-refractivity contribution in [1.82, 2.24) is 4.90 Å². The highest BCUT2D eigenvalue weighted by Crippen LogP contribution is 2.17. The molecule has 17 heavy (non-hydrogen) atoms. The fourth-order valence-electron chi connectivity index (χ4n) is 1.68. The maximum atomic E-state index is 11.9. The molecule has 1 aliphatic rings. The smallest absolute Gasteiger partial charge is 0.410 e. The lowest BCUT2D eigenvalue weighted by molar-refractivity contribution is 0.0192. The Bertz CT molecular complexity index is 384. The summed E-state index contributed by atoms with van der Waals surface area (Å²) in [4.78, 5) is 13.5. The molecule has 1 N–H and O–H groups in total. The number of carbonyl (C=O) groups excluding carboxylic acids is 1. The van der Waals surface area contributed by atoms with Gasteiger partial charge in [0.25, 0.3) is 0 Å². The van der Waals surface area contributed by atoms with E-state index in [0.717, 1.165) is 0 Å². The van der Waals surface area contributed by atoms with E-state index in [9.17, 15) is 9.00 Å². The summed E-state index contributed by atoms with van der Waals surface area (Å²) in [5.74, 6) is 0.615. The Hall–Kier alpha value is -0.780. The molecule has 6 heteroatoms. The van der Waals surface area contributed by atoms with Gasteiger partial charge in [-0.25, -0.2) is 9.00 Å². The second-order valence-electron chi connectivity index (χ2n) is 5.53. The van der Waals surface area contributed by atoms with E-state index in [4.69, 9.17) is 9.52 Å². The van der Waals surface area contributed by atoms with Crippen LogP contribution in [-0.2, 0) is 14.5 Å². The van der Waals surface area contributed by atoms with Gasteiger partial charge in [0.2, 0.25) is 0 Å². The highest BCUT2D eigenvalue weighted by atomic mass is 32.2. The molecule has 100 valence electrons. The second kappa shape index (κ2) is 4.84. The number of nitrogens with zero attached hydrogens (tertiary/aromatic N) is 1. The second-order valence-corrected chi connectivity index (χ2v) is 7.97. The molecule has 5 nitrogen and oxygen atoms in total. The normalized spacial score (nSPS) is 30.8. The van der Waals surface area contributed by atoms with Gasteiger partial charge in [0, 0.05) is 33.8 Å². The minimum Gasteiger partial charge on any atom is -0.444 e. The molecular formula is C11H22N2O3S. The van der Waals surface area contributed by atoms with Crippen LogP contribution in [0.3, 0.4) is 0 Å². The maximum absolute atomic E-state index is 11.9. The molecule has 0 saturated carbocycles. The number of amides is 1. The first-order chi connectivity index (χ1) is 7.61. The Morgan fingerprint density at radius 1 is 1.41 bits per heavy atom. The summed E-state index contributed by atoms with van der Waals surface area (Å²) in [5.41, 5.74) is -0.522. The molecule has 0 aromatic heterocycles. The molecule has 2 atom stereocenters. The molecule has 1 rings (SSSR count). The van der Waals surface area contributed by atoms with Gasteiger partial charge in [-0.2, -0.15) is 0 Å². The standard InChI is InChI=1S/C11H22N2O3S/c1-9-5-7-17(12,15)8-6-13(9)10(14)16-11(2,3)4/h9,12H,5-8H2,1-4H3. The van der Waals surface area contributed by atoms with Gasteiger partial charge in [0.15, 0.2) is 0 Å². The monoisotopic (exact) mass is 262 g/mol. The molecule has 0 bridgehead atoms. The molecule has 0 aromatic carbocycles. The third-order valence-corrected chi connectivity index (χ3v) is 4.42. The van der Waals surface area contributed by atoms with Crippen molar-refractivity contribution in [2.75, 3.05) is 18.1 Å². The van der Waals surface area contributed by atoms with E-state index in [1.807, 2.05) is 27.7 Å². The first-order valence-corrected chi connectivity index (χ1v) is 7.74. The first-order valence-electron chi connectivity index (χ1n) is 5.84. The van der Waals surface area contributed by atoms with Gasteiger partial charge in [-0.05, 0) is 34.1 Å². The van der Waals surface area contributed by atoms with Gasteiger partial charge in [-0.1, -0.05) is 0 Å². The Kier molecular flexibility index (Phi) is 4.06. The molecule has 0 spiro atoms.